The Morgan fingerprint density at radius 2 is 2.21 bits per heavy atom. The highest BCUT2D eigenvalue weighted by Crippen LogP contribution is 2.22. The van der Waals surface area contributed by atoms with Crippen molar-refractivity contribution in [1.29, 1.82) is 0 Å². The summed E-state index contributed by atoms with van der Waals surface area (Å²) < 4.78 is 6.07. The maximum atomic E-state index is 5.50. The molecule has 0 aliphatic heterocycles. The molecule has 0 N–H and O–H groups in total. The lowest BCUT2D eigenvalue weighted by Gasteiger charge is -2.07. The van der Waals surface area contributed by atoms with Crippen LogP contribution in [0.5, 0.6) is 0 Å². The van der Waals surface area contributed by atoms with Gasteiger partial charge in [-0.3, -0.25) is 0 Å². The van der Waals surface area contributed by atoms with Crippen LogP contribution in [0.15, 0.2) is 24.3 Å². The van der Waals surface area contributed by atoms with Crippen LogP contribution in [-0.2, 0) is 11.3 Å². The highest BCUT2D eigenvalue weighted by atomic mass is 127. The Kier molecular flexibility index (Phi) is 5.48. The molecule has 14 heavy (non-hydrogen) atoms. The summed E-state index contributed by atoms with van der Waals surface area (Å²) in [6.45, 7) is 5.92. The predicted octanol–water partition coefficient (Wildman–Crippen LogP) is 4.11. The smallest absolute Gasteiger partial charge is 0.0716 e. The number of hydrogen-bond acceptors (Lipinski definition) is 1. The Morgan fingerprint density at radius 1 is 1.43 bits per heavy atom. The number of hydrogen-bond donors (Lipinski definition) is 0. The highest BCUT2D eigenvalue weighted by molar-refractivity contribution is 14.1. The SMILES string of the molecule is CCCOCc1cccc([C@H](C)I)c1. The monoisotopic (exact) mass is 304 g/mol. The van der Waals surface area contributed by atoms with E-state index in [4.69, 9.17) is 4.74 Å². The van der Waals surface area contributed by atoms with Gasteiger partial charge in [-0.1, -0.05) is 53.8 Å². The van der Waals surface area contributed by atoms with E-state index in [1.54, 1.807) is 0 Å². The van der Waals surface area contributed by atoms with Crippen LogP contribution in [0.2, 0.25) is 0 Å². The molecule has 0 bridgehead atoms. The van der Waals surface area contributed by atoms with E-state index < -0.39 is 0 Å². The first-order valence-electron chi connectivity index (χ1n) is 5.04. The van der Waals surface area contributed by atoms with Gasteiger partial charge in [0.15, 0.2) is 0 Å². The van der Waals surface area contributed by atoms with Crippen LogP contribution in [-0.4, -0.2) is 6.61 Å². The molecular formula is C12H17IO. The molecule has 0 saturated carbocycles. The zero-order valence-corrected chi connectivity index (χ0v) is 11.0. The summed E-state index contributed by atoms with van der Waals surface area (Å²) in [6.07, 6.45) is 1.09. The molecule has 1 aromatic carbocycles. The normalized spacial score (nSPS) is 12.8. The summed E-state index contributed by atoms with van der Waals surface area (Å²) in [6, 6.07) is 8.63. The van der Waals surface area contributed by atoms with E-state index in [1.807, 2.05) is 0 Å². The molecular weight excluding hydrogens is 287 g/mol. The summed E-state index contributed by atoms with van der Waals surface area (Å²) in [5, 5.41) is 0. The fourth-order valence-electron chi connectivity index (χ4n) is 1.26. The molecule has 78 valence electrons. The molecule has 0 aliphatic rings. The van der Waals surface area contributed by atoms with E-state index in [-0.39, 0.29) is 0 Å². The molecule has 0 fully saturated rings. The Balaban J connectivity index is 2.55. The van der Waals surface area contributed by atoms with Gasteiger partial charge in [-0.2, -0.15) is 0 Å². The van der Waals surface area contributed by atoms with Gasteiger partial charge >= 0.3 is 0 Å². The molecule has 1 rings (SSSR count). The van der Waals surface area contributed by atoms with Crippen LogP contribution < -0.4 is 0 Å². The second kappa shape index (κ2) is 6.40. The minimum absolute atomic E-state index is 0.568. The van der Waals surface area contributed by atoms with E-state index in [2.05, 4.69) is 60.7 Å². The molecule has 0 aromatic heterocycles. The molecule has 2 heteroatoms. The van der Waals surface area contributed by atoms with Crippen molar-refractivity contribution in [2.75, 3.05) is 6.61 Å². The fourth-order valence-corrected chi connectivity index (χ4v) is 1.65. The average molecular weight is 304 g/mol. The van der Waals surface area contributed by atoms with Crippen LogP contribution in [0.3, 0.4) is 0 Å². The Morgan fingerprint density at radius 3 is 2.86 bits per heavy atom. The summed E-state index contributed by atoms with van der Waals surface area (Å²) >= 11 is 2.43. The molecule has 1 nitrogen and oxygen atoms in total. The van der Waals surface area contributed by atoms with Crippen molar-refractivity contribution in [3.63, 3.8) is 0 Å². The number of ether oxygens (including phenoxy) is 1. The van der Waals surface area contributed by atoms with Crippen molar-refractivity contribution in [2.45, 2.75) is 30.8 Å². The molecule has 0 saturated heterocycles. The fraction of sp³-hybridized carbons (Fsp3) is 0.500. The van der Waals surface area contributed by atoms with Gasteiger partial charge in [-0.15, -0.1) is 0 Å². The number of alkyl halides is 1. The predicted molar refractivity (Wildman–Crippen MR) is 68.8 cm³/mol. The van der Waals surface area contributed by atoms with Gasteiger partial charge in [0.2, 0.25) is 0 Å². The Labute approximate surface area is 100.0 Å². The number of rotatable bonds is 5. The third kappa shape index (κ3) is 3.96. The second-order valence-corrected chi connectivity index (χ2v) is 5.28. The standard InChI is InChI=1S/C12H17IO/c1-3-7-14-9-11-5-4-6-12(8-11)10(2)13/h4-6,8,10H,3,7,9H2,1-2H3/t10-/m0/s1. The van der Waals surface area contributed by atoms with Gasteiger partial charge in [0.05, 0.1) is 6.61 Å². The van der Waals surface area contributed by atoms with E-state index in [0.29, 0.717) is 3.92 Å². The lowest BCUT2D eigenvalue weighted by atomic mass is 10.1. The Bertz CT molecular complexity index is 271. The first kappa shape index (κ1) is 12.0. The van der Waals surface area contributed by atoms with E-state index in [1.165, 1.54) is 11.1 Å². The first-order chi connectivity index (χ1) is 6.74. The molecule has 0 spiro atoms. The molecule has 1 aromatic rings. The molecule has 1 atom stereocenters. The summed E-state index contributed by atoms with van der Waals surface area (Å²) in [5.41, 5.74) is 2.66. The van der Waals surface area contributed by atoms with Gasteiger partial charge in [0.1, 0.15) is 0 Å². The lowest BCUT2D eigenvalue weighted by Crippen LogP contribution is -1.95. The molecule has 0 aliphatic carbocycles. The summed E-state index contributed by atoms with van der Waals surface area (Å²) in [7, 11) is 0. The van der Waals surface area contributed by atoms with Crippen LogP contribution >= 0.6 is 22.6 Å². The van der Waals surface area contributed by atoms with Crippen molar-refractivity contribution in [3.05, 3.63) is 35.4 Å². The largest absolute Gasteiger partial charge is 0.377 e. The maximum absolute atomic E-state index is 5.50. The first-order valence-corrected chi connectivity index (χ1v) is 6.29. The van der Waals surface area contributed by atoms with Gasteiger partial charge in [0.25, 0.3) is 0 Å². The average Bonchev–Trinajstić information content (AvgIpc) is 2.19. The van der Waals surface area contributed by atoms with Gasteiger partial charge in [-0.05, 0) is 24.5 Å². The van der Waals surface area contributed by atoms with Crippen molar-refractivity contribution in [1.82, 2.24) is 0 Å². The van der Waals surface area contributed by atoms with E-state index >= 15 is 0 Å². The number of benzene rings is 1. The molecule has 0 amide bonds. The van der Waals surface area contributed by atoms with E-state index in [0.717, 1.165) is 19.6 Å². The van der Waals surface area contributed by atoms with Crippen LogP contribution in [0, 0.1) is 0 Å². The quantitative estimate of drug-likeness (QED) is 0.452. The lowest BCUT2D eigenvalue weighted by molar-refractivity contribution is 0.121. The minimum Gasteiger partial charge on any atom is -0.377 e. The second-order valence-electron chi connectivity index (χ2n) is 3.41. The molecule has 0 radical (unpaired) electrons. The molecule has 0 unspecified atom stereocenters. The topological polar surface area (TPSA) is 9.23 Å². The maximum Gasteiger partial charge on any atom is 0.0716 e. The zero-order valence-electron chi connectivity index (χ0n) is 8.79. The van der Waals surface area contributed by atoms with Crippen LogP contribution in [0.25, 0.3) is 0 Å². The summed E-state index contributed by atoms with van der Waals surface area (Å²) in [4.78, 5) is 0. The van der Waals surface area contributed by atoms with Crippen molar-refractivity contribution in [3.8, 4) is 0 Å². The summed E-state index contributed by atoms with van der Waals surface area (Å²) in [5.74, 6) is 0. The van der Waals surface area contributed by atoms with Gasteiger partial charge in [0, 0.05) is 10.5 Å². The zero-order chi connectivity index (χ0) is 10.4. The Hall–Kier alpha value is -0.0900. The minimum atomic E-state index is 0.568. The molecule has 0 heterocycles. The van der Waals surface area contributed by atoms with Crippen molar-refractivity contribution < 1.29 is 4.74 Å². The van der Waals surface area contributed by atoms with Gasteiger partial charge in [-0.25, -0.2) is 0 Å². The third-order valence-electron chi connectivity index (χ3n) is 2.03. The number of halogens is 1. The van der Waals surface area contributed by atoms with Crippen molar-refractivity contribution in [2.24, 2.45) is 0 Å². The van der Waals surface area contributed by atoms with Gasteiger partial charge < -0.3 is 4.74 Å². The third-order valence-corrected chi connectivity index (χ3v) is 2.75. The van der Waals surface area contributed by atoms with Crippen molar-refractivity contribution >= 4 is 22.6 Å². The highest BCUT2D eigenvalue weighted by Gasteiger charge is 2.01. The van der Waals surface area contributed by atoms with Crippen LogP contribution in [0.1, 0.15) is 35.3 Å². The van der Waals surface area contributed by atoms with E-state index in [9.17, 15) is 0 Å². The van der Waals surface area contributed by atoms with Crippen LogP contribution in [0.4, 0.5) is 0 Å².